The van der Waals surface area contributed by atoms with Crippen LogP contribution in [0.1, 0.15) is 63.8 Å². The Morgan fingerprint density at radius 3 is 2.85 bits per heavy atom. The molecule has 3 N–H and O–H groups in total. The number of benzene rings is 1. The first kappa shape index (κ1) is 25.3. The summed E-state index contributed by atoms with van der Waals surface area (Å²) in [5.41, 5.74) is 9.05. The van der Waals surface area contributed by atoms with Crippen molar-refractivity contribution in [2.45, 2.75) is 64.8 Å². The molecule has 2 saturated heterocycles. The standard InChI is InChI=1S/C28H34N8O3/c1-3-34-16-19-12-18(8-9-21(19)33-34)23-10-7-17(2)15-35(23)28(38)27(37)32-22-14-30-26(29)20-13-31-36(25(20)22)24-6-4-5-11-39-24/h8-9,12-14,16-17,23-24H,3-7,10-11,15H2,1-2H3,(H2,29,30)(H,32,37)/t17-,23+,24?/m0/s1. The summed E-state index contributed by atoms with van der Waals surface area (Å²) in [6, 6.07) is 5.90. The summed E-state index contributed by atoms with van der Waals surface area (Å²) in [7, 11) is 0. The number of nitrogens with two attached hydrogens (primary N) is 1. The number of hydrogen-bond acceptors (Lipinski definition) is 7. The van der Waals surface area contributed by atoms with E-state index in [-0.39, 0.29) is 12.3 Å². The lowest BCUT2D eigenvalue weighted by atomic mass is 9.89. The molecule has 11 heteroatoms. The molecule has 11 nitrogen and oxygen atoms in total. The Kier molecular flexibility index (Phi) is 6.68. The number of ether oxygens (including phenoxy) is 1. The van der Waals surface area contributed by atoms with Gasteiger partial charge in [0.05, 0.1) is 35.0 Å². The number of fused-ring (bicyclic) bond motifs is 2. The number of rotatable bonds is 4. The highest BCUT2D eigenvalue weighted by atomic mass is 16.5. The Bertz CT molecular complexity index is 1540. The Labute approximate surface area is 226 Å². The van der Waals surface area contributed by atoms with Crippen molar-refractivity contribution in [2.24, 2.45) is 5.92 Å². The van der Waals surface area contributed by atoms with Gasteiger partial charge in [-0.15, -0.1) is 0 Å². The van der Waals surface area contributed by atoms with Crippen molar-refractivity contribution in [2.75, 3.05) is 24.2 Å². The van der Waals surface area contributed by atoms with E-state index in [1.54, 1.807) is 15.8 Å². The van der Waals surface area contributed by atoms with Crippen LogP contribution >= 0.6 is 0 Å². The normalized spacial score (nSPS) is 21.9. The van der Waals surface area contributed by atoms with Gasteiger partial charge in [0, 0.05) is 31.3 Å². The molecule has 3 atom stereocenters. The number of amides is 2. The molecule has 0 spiro atoms. The summed E-state index contributed by atoms with van der Waals surface area (Å²) < 4.78 is 9.57. The molecular weight excluding hydrogens is 496 g/mol. The third-order valence-electron chi connectivity index (χ3n) is 7.89. The van der Waals surface area contributed by atoms with E-state index in [9.17, 15) is 9.59 Å². The van der Waals surface area contributed by atoms with Crippen LogP contribution in [0.4, 0.5) is 11.5 Å². The number of nitrogens with zero attached hydrogens (tertiary/aromatic N) is 6. The lowest BCUT2D eigenvalue weighted by molar-refractivity contribution is -0.146. The molecule has 0 radical (unpaired) electrons. The fraction of sp³-hybridized carbons (Fsp3) is 0.464. The number of likely N-dealkylation sites (tertiary alicyclic amines) is 1. The van der Waals surface area contributed by atoms with Crippen molar-refractivity contribution in [3.63, 3.8) is 0 Å². The molecule has 204 valence electrons. The third kappa shape index (κ3) is 4.71. The van der Waals surface area contributed by atoms with Gasteiger partial charge in [0.1, 0.15) is 11.3 Å². The zero-order chi connectivity index (χ0) is 27.1. The van der Waals surface area contributed by atoms with E-state index in [1.165, 1.54) is 6.20 Å². The number of carbonyl (C=O) groups is 2. The van der Waals surface area contributed by atoms with Gasteiger partial charge in [-0.1, -0.05) is 13.0 Å². The maximum Gasteiger partial charge on any atom is 0.314 e. The minimum absolute atomic E-state index is 0.195. The highest BCUT2D eigenvalue weighted by molar-refractivity contribution is 6.40. The maximum absolute atomic E-state index is 13.7. The molecule has 5 heterocycles. The van der Waals surface area contributed by atoms with Gasteiger partial charge < -0.3 is 20.7 Å². The second-order valence-electron chi connectivity index (χ2n) is 10.6. The molecule has 3 aromatic heterocycles. The first-order chi connectivity index (χ1) is 18.9. The number of hydrogen-bond donors (Lipinski definition) is 2. The van der Waals surface area contributed by atoms with Crippen LogP contribution in [-0.2, 0) is 20.9 Å². The third-order valence-corrected chi connectivity index (χ3v) is 7.89. The van der Waals surface area contributed by atoms with E-state index >= 15 is 0 Å². The molecule has 1 unspecified atom stereocenters. The van der Waals surface area contributed by atoms with E-state index in [4.69, 9.17) is 10.5 Å². The van der Waals surface area contributed by atoms with Crippen molar-refractivity contribution < 1.29 is 14.3 Å². The number of nitrogen functional groups attached to an aromatic ring is 1. The van der Waals surface area contributed by atoms with Crippen molar-refractivity contribution in [3.8, 4) is 0 Å². The van der Waals surface area contributed by atoms with Crippen LogP contribution < -0.4 is 11.1 Å². The minimum Gasteiger partial charge on any atom is -0.383 e. The van der Waals surface area contributed by atoms with Gasteiger partial charge in [-0.05, 0) is 62.6 Å². The van der Waals surface area contributed by atoms with Gasteiger partial charge >= 0.3 is 11.8 Å². The largest absolute Gasteiger partial charge is 0.383 e. The molecule has 0 aliphatic carbocycles. The zero-order valence-corrected chi connectivity index (χ0v) is 22.3. The van der Waals surface area contributed by atoms with E-state index in [1.807, 2.05) is 29.9 Å². The Morgan fingerprint density at radius 1 is 1.18 bits per heavy atom. The van der Waals surface area contributed by atoms with E-state index in [0.717, 1.165) is 55.1 Å². The number of nitrogens with one attached hydrogen (secondary N) is 1. The maximum atomic E-state index is 13.7. The van der Waals surface area contributed by atoms with Gasteiger partial charge in [-0.3, -0.25) is 14.3 Å². The lowest BCUT2D eigenvalue weighted by Gasteiger charge is -2.38. The predicted molar refractivity (Wildman–Crippen MR) is 148 cm³/mol. The molecule has 1 aromatic carbocycles. The minimum atomic E-state index is -0.709. The van der Waals surface area contributed by atoms with Crippen LogP contribution in [0.15, 0.2) is 36.8 Å². The number of piperidine rings is 1. The summed E-state index contributed by atoms with van der Waals surface area (Å²) in [6.07, 6.45) is 9.46. The number of carbonyl (C=O) groups excluding carboxylic acids is 2. The average molecular weight is 531 g/mol. The summed E-state index contributed by atoms with van der Waals surface area (Å²) in [4.78, 5) is 33.1. The molecule has 2 amide bonds. The highest BCUT2D eigenvalue weighted by Crippen LogP contribution is 2.36. The summed E-state index contributed by atoms with van der Waals surface area (Å²) in [6.45, 7) is 6.10. The lowest BCUT2D eigenvalue weighted by Crippen LogP contribution is -2.46. The van der Waals surface area contributed by atoms with Gasteiger partial charge in [0.25, 0.3) is 0 Å². The van der Waals surface area contributed by atoms with Crippen LogP contribution in [0, 0.1) is 5.92 Å². The molecule has 2 aliphatic heterocycles. The summed E-state index contributed by atoms with van der Waals surface area (Å²) in [5.74, 6) is -0.678. The molecule has 2 fully saturated rings. The molecule has 0 saturated carbocycles. The first-order valence-electron chi connectivity index (χ1n) is 13.7. The highest BCUT2D eigenvalue weighted by Gasteiger charge is 2.35. The molecule has 0 bridgehead atoms. The van der Waals surface area contributed by atoms with E-state index in [0.29, 0.717) is 41.5 Å². The average Bonchev–Trinajstić information content (AvgIpc) is 3.59. The van der Waals surface area contributed by atoms with E-state index in [2.05, 4.69) is 33.5 Å². The monoisotopic (exact) mass is 530 g/mol. The number of aryl methyl sites for hydroxylation is 1. The number of aromatic nitrogens is 5. The van der Waals surface area contributed by atoms with Crippen molar-refractivity contribution >= 4 is 45.1 Å². The zero-order valence-electron chi connectivity index (χ0n) is 22.3. The van der Waals surface area contributed by atoms with Crippen molar-refractivity contribution in [3.05, 3.63) is 42.4 Å². The quantitative estimate of drug-likeness (QED) is 0.381. The van der Waals surface area contributed by atoms with Crippen LogP contribution in [0.5, 0.6) is 0 Å². The Hall–Kier alpha value is -3.99. The van der Waals surface area contributed by atoms with Gasteiger partial charge in [0.15, 0.2) is 6.23 Å². The Balaban J connectivity index is 1.29. The molecule has 2 aliphatic rings. The van der Waals surface area contributed by atoms with Crippen LogP contribution in [0.2, 0.25) is 0 Å². The number of pyridine rings is 1. The topological polar surface area (TPSA) is 133 Å². The fourth-order valence-corrected chi connectivity index (χ4v) is 5.80. The van der Waals surface area contributed by atoms with Gasteiger partial charge in [-0.25, -0.2) is 9.67 Å². The van der Waals surface area contributed by atoms with E-state index < -0.39 is 11.8 Å². The second-order valence-corrected chi connectivity index (χ2v) is 10.6. The van der Waals surface area contributed by atoms with Gasteiger partial charge in [-0.2, -0.15) is 10.2 Å². The Morgan fingerprint density at radius 2 is 2.05 bits per heavy atom. The SMILES string of the molecule is CCn1cc2cc([C@H]3CC[C@H](C)CN3C(=O)C(=O)Nc3cnc(N)c4cnn(C5CCCCO5)c34)ccc2n1. The van der Waals surface area contributed by atoms with Crippen molar-refractivity contribution in [1.29, 1.82) is 0 Å². The summed E-state index contributed by atoms with van der Waals surface area (Å²) in [5, 5.41) is 13.5. The first-order valence-corrected chi connectivity index (χ1v) is 13.7. The molecule has 4 aromatic rings. The van der Waals surface area contributed by atoms with Gasteiger partial charge in [0.2, 0.25) is 0 Å². The van der Waals surface area contributed by atoms with Crippen LogP contribution in [-0.4, -0.2) is 54.4 Å². The molecule has 6 rings (SSSR count). The summed E-state index contributed by atoms with van der Waals surface area (Å²) >= 11 is 0. The van der Waals surface area contributed by atoms with Crippen LogP contribution in [0.25, 0.3) is 21.8 Å². The number of anilines is 2. The van der Waals surface area contributed by atoms with Crippen LogP contribution in [0.3, 0.4) is 0 Å². The second kappa shape index (κ2) is 10.3. The predicted octanol–water partition coefficient (Wildman–Crippen LogP) is 4.02. The fourth-order valence-electron chi connectivity index (χ4n) is 5.80. The molecular formula is C28H34N8O3. The molecule has 39 heavy (non-hydrogen) atoms. The van der Waals surface area contributed by atoms with Crippen molar-refractivity contribution in [1.82, 2.24) is 29.4 Å². The smallest absolute Gasteiger partial charge is 0.314 e.